The normalized spacial score (nSPS) is 17.5. The topological polar surface area (TPSA) is 64.6 Å². The van der Waals surface area contributed by atoms with Crippen molar-refractivity contribution in [3.63, 3.8) is 0 Å². The molecule has 1 aliphatic carbocycles. The minimum atomic E-state index is -0.459. The Morgan fingerprint density at radius 2 is 2.20 bits per heavy atom. The van der Waals surface area contributed by atoms with E-state index in [-0.39, 0.29) is 11.5 Å². The van der Waals surface area contributed by atoms with Crippen LogP contribution in [-0.2, 0) is 14.3 Å². The quantitative estimate of drug-likeness (QED) is 0.773. The molecule has 7 heteroatoms. The zero-order valence-corrected chi connectivity index (χ0v) is 15.5. The van der Waals surface area contributed by atoms with Crippen LogP contribution in [0.1, 0.15) is 36.5 Å². The Morgan fingerprint density at radius 1 is 1.40 bits per heavy atom. The zero-order valence-electron chi connectivity index (χ0n) is 14.0. The highest BCUT2D eigenvalue weighted by Crippen LogP contribution is 2.29. The van der Waals surface area contributed by atoms with E-state index in [0.29, 0.717) is 40.5 Å². The van der Waals surface area contributed by atoms with Crippen molar-refractivity contribution in [3.8, 4) is 0 Å². The second-order valence-electron chi connectivity index (χ2n) is 6.13. The Labute approximate surface area is 156 Å². The number of benzene rings is 1. The van der Waals surface area contributed by atoms with Gasteiger partial charge in [0.2, 0.25) is 0 Å². The number of thioether (sulfide) groups is 1. The van der Waals surface area contributed by atoms with E-state index in [1.807, 2.05) is 0 Å². The number of carbonyl (C=O) groups excluding carboxylic acids is 2. The summed E-state index contributed by atoms with van der Waals surface area (Å²) in [4.78, 5) is 25.2. The summed E-state index contributed by atoms with van der Waals surface area (Å²) < 4.78 is 10.7. The third kappa shape index (κ3) is 4.50. The van der Waals surface area contributed by atoms with E-state index in [0.717, 1.165) is 18.6 Å². The number of halogens is 1. The summed E-state index contributed by atoms with van der Waals surface area (Å²) in [5, 5.41) is 3.10. The molecule has 2 aliphatic rings. The van der Waals surface area contributed by atoms with Crippen molar-refractivity contribution in [2.45, 2.75) is 26.2 Å². The van der Waals surface area contributed by atoms with Crippen LogP contribution in [0.3, 0.4) is 0 Å². The summed E-state index contributed by atoms with van der Waals surface area (Å²) in [6.45, 7) is 2.79. The number of anilines is 1. The monoisotopic (exact) mass is 381 g/mol. The third-order valence-electron chi connectivity index (χ3n) is 4.29. The number of nitrogens with one attached hydrogen (secondary N) is 1. The molecule has 1 amide bonds. The highest BCUT2D eigenvalue weighted by Gasteiger charge is 2.22. The van der Waals surface area contributed by atoms with Crippen LogP contribution >= 0.6 is 23.4 Å². The maximum absolute atomic E-state index is 12.4. The Morgan fingerprint density at radius 3 is 2.88 bits per heavy atom. The summed E-state index contributed by atoms with van der Waals surface area (Å²) in [6, 6.07) is 4.80. The van der Waals surface area contributed by atoms with Crippen LogP contribution in [0.25, 0.3) is 0 Å². The molecule has 0 atom stereocenters. The van der Waals surface area contributed by atoms with Crippen LogP contribution in [0.4, 0.5) is 5.69 Å². The van der Waals surface area contributed by atoms with Crippen molar-refractivity contribution in [1.82, 2.24) is 0 Å². The fraction of sp³-hybridized carbons (Fsp3) is 0.444. The van der Waals surface area contributed by atoms with Crippen LogP contribution < -0.4 is 5.32 Å². The van der Waals surface area contributed by atoms with Gasteiger partial charge in [0.25, 0.3) is 5.91 Å². The number of rotatable bonds is 5. The maximum Gasteiger partial charge on any atom is 0.339 e. The van der Waals surface area contributed by atoms with Crippen LogP contribution in [0.5, 0.6) is 0 Å². The fourth-order valence-corrected chi connectivity index (χ4v) is 3.62. The molecule has 0 aromatic heterocycles. The molecule has 1 fully saturated rings. The lowest BCUT2D eigenvalue weighted by Gasteiger charge is -2.24. The van der Waals surface area contributed by atoms with Gasteiger partial charge in [0.1, 0.15) is 10.7 Å². The molecule has 0 radical (unpaired) electrons. The average Bonchev–Trinajstić information content (AvgIpc) is 2.55. The second kappa shape index (κ2) is 8.15. The number of hydrogen-bond acceptors (Lipinski definition) is 5. The number of hydrogen-bond donors (Lipinski definition) is 1. The summed E-state index contributed by atoms with van der Waals surface area (Å²) >= 11 is 7.57. The molecule has 1 aromatic rings. The molecule has 1 saturated carbocycles. The van der Waals surface area contributed by atoms with Gasteiger partial charge in [-0.3, -0.25) is 4.79 Å². The van der Waals surface area contributed by atoms with Crippen molar-refractivity contribution in [2.24, 2.45) is 5.92 Å². The molecular weight excluding hydrogens is 362 g/mol. The molecule has 0 saturated heterocycles. The minimum absolute atomic E-state index is 0.252. The van der Waals surface area contributed by atoms with E-state index in [9.17, 15) is 9.59 Å². The number of carbonyl (C=O) groups is 2. The molecule has 1 aliphatic heterocycles. The molecule has 1 N–H and O–H groups in total. The highest BCUT2D eigenvalue weighted by atomic mass is 35.5. The fourth-order valence-electron chi connectivity index (χ4n) is 2.61. The van der Waals surface area contributed by atoms with Crippen molar-refractivity contribution in [3.05, 3.63) is 39.4 Å². The molecule has 134 valence electrons. The first-order valence-electron chi connectivity index (χ1n) is 8.29. The maximum atomic E-state index is 12.4. The highest BCUT2D eigenvalue weighted by molar-refractivity contribution is 8.04. The molecule has 25 heavy (non-hydrogen) atoms. The van der Waals surface area contributed by atoms with Crippen molar-refractivity contribution >= 4 is 40.9 Å². The molecule has 0 unspecified atom stereocenters. The molecule has 0 bridgehead atoms. The van der Waals surface area contributed by atoms with Crippen LogP contribution in [0, 0.1) is 5.92 Å². The first-order valence-corrected chi connectivity index (χ1v) is 9.65. The lowest BCUT2D eigenvalue weighted by Crippen LogP contribution is -2.21. The second-order valence-corrected chi connectivity index (χ2v) is 7.64. The SMILES string of the molecule is CC1=C(C(=O)Nc2ccc(Cl)c(C(=O)OCC3CCC3)c2)SCCO1. The molecule has 0 spiro atoms. The van der Waals surface area contributed by atoms with Gasteiger partial charge < -0.3 is 14.8 Å². The number of ether oxygens (including phenoxy) is 2. The predicted octanol–water partition coefficient (Wildman–Crippen LogP) is 4.23. The van der Waals surface area contributed by atoms with Gasteiger partial charge in [-0.1, -0.05) is 18.0 Å². The predicted molar refractivity (Wildman–Crippen MR) is 98.8 cm³/mol. The standard InChI is InChI=1S/C18H20ClNO4S/c1-11-16(25-8-7-23-11)17(21)20-13-5-6-15(19)14(9-13)18(22)24-10-12-3-2-4-12/h5-6,9,12H,2-4,7-8,10H2,1H3,(H,20,21). The molecule has 1 heterocycles. The number of allylic oxidation sites excluding steroid dienone is 1. The van der Waals surface area contributed by atoms with Crippen LogP contribution in [-0.4, -0.2) is 30.8 Å². The Hall–Kier alpha value is -1.66. The van der Waals surface area contributed by atoms with Crippen molar-refractivity contribution in [1.29, 1.82) is 0 Å². The minimum Gasteiger partial charge on any atom is -0.496 e. The molecular formula is C18H20ClNO4S. The lowest BCUT2D eigenvalue weighted by atomic mass is 9.86. The average molecular weight is 382 g/mol. The van der Waals surface area contributed by atoms with E-state index in [1.165, 1.54) is 18.2 Å². The third-order valence-corrected chi connectivity index (χ3v) is 5.76. The summed E-state index contributed by atoms with van der Waals surface area (Å²) in [6.07, 6.45) is 3.40. The van der Waals surface area contributed by atoms with E-state index in [4.69, 9.17) is 21.1 Å². The van der Waals surface area contributed by atoms with Crippen LogP contribution in [0.2, 0.25) is 5.02 Å². The van der Waals surface area contributed by atoms with Gasteiger partial charge in [0.05, 0.1) is 23.8 Å². The van der Waals surface area contributed by atoms with Gasteiger partial charge in [-0.15, -0.1) is 11.8 Å². The molecule has 1 aromatic carbocycles. The first kappa shape index (κ1) is 18.1. The Bertz CT molecular complexity index is 715. The van der Waals surface area contributed by atoms with Gasteiger partial charge in [0, 0.05) is 11.4 Å². The largest absolute Gasteiger partial charge is 0.496 e. The van der Waals surface area contributed by atoms with Gasteiger partial charge >= 0.3 is 5.97 Å². The lowest BCUT2D eigenvalue weighted by molar-refractivity contribution is -0.112. The van der Waals surface area contributed by atoms with E-state index >= 15 is 0 Å². The van der Waals surface area contributed by atoms with Gasteiger partial charge in [0.15, 0.2) is 0 Å². The van der Waals surface area contributed by atoms with Crippen molar-refractivity contribution in [2.75, 3.05) is 24.3 Å². The van der Waals surface area contributed by atoms with Crippen molar-refractivity contribution < 1.29 is 19.1 Å². The Balaban J connectivity index is 1.68. The van der Waals surface area contributed by atoms with Gasteiger partial charge in [-0.2, -0.15) is 0 Å². The van der Waals surface area contributed by atoms with Gasteiger partial charge in [-0.25, -0.2) is 4.79 Å². The molecule has 5 nitrogen and oxygen atoms in total. The summed E-state index contributed by atoms with van der Waals surface area (Å²) in [7, 11) is 0. The van der Waals surface area contributed by atoms with E-state index in [2.05, 4.69) is 5.32 Å². The van der Waals surface area contributed by atoms with Crippen LogP contribution in [0.15, 0.2) is 28.9 Å². The van der Waals surface area contributed by atoms with Gasteiger partial charge in [-0.05, 0) is 43.9 Å². The van der Waals surface area contributed by atoms with E-state index < -0.39 is 5.97 Å². The Kier molecular flexibility index (Phi) is 5.91. The smallest absolute Gasteiger partial charge is 0.339 e. The zero-order chi connectivity index (χ0) is 17.8. The first-order chi connectivity index (χ1) is 12.0. The summed E-state index contributed by atoms with van der Waals surface area (Å²) in [5.41, 5.74) is 0.758. The van der Waals surface area contributed by atoms with E-state index in [1.54, 1.807) is 25.1 Å². The summed E-state index contributed by atoms with van der Waals surface area (Å²) in [5.74, 6) is 1.10. The molecule has 3 rings (SSSR count). The number of amides is 1. The number of esters is 1.